The first-order chi connectivity index (χ1) is 13.3. The van der Waals surface area contributed by atoms with Gasteiger partial charge in [0.25, 0.3) is 5.91 Å². The van der Waals surface area contributed by atoms with E-state index in [9.17, 15) is 13.2 Å². The third-order valence-electron chi connectivity index (χ3n) is 3.85. The normalized spacial score (nSPS) is 11.7. The number of amides is 1. The van der Waals surface area contributed by atoms with Crippen LogP contribution >= 0.6 is 46.1 Å². The zero-order valence-electron chi connectivity index (χ0n) is 14.3. The molecular formula is C18H15Cl3N2O3S2. The molecule has 3 rings (SSSR count). The first-order valence-electron chi connectivity index (χ1n) is 8.13. The summed E-state index contributed by atoms with van der Waals surface area (Å²) in [6.07, 6.45) is 0. The molecule has 1 amide bonds. The molecule has 28 heavy (non-hydrogen) atoms. The highest BCUT2D eigenvalue weighted by molar-refractivity contribution is 7.89. The van der Waals surface area contributed by atoms with Gasteiger partial charge in [0.1, 0.15) is 4.88 Å². The zero-order chi connectivity index (χ0) is 20.3. The van der Waals surface area contributed by atoms with Gasteiger partial charge in [-0.05, 0) is 17.7 Å². The molecule has 0 saturated heterocycles. The molecule has 0 radical (unpaired) electrons. The van der Waals surface area contributed by atoms with E-state index in [2.05, 4.69) is 10.0 Å². The minimum absolute atomic E-state index is 0.0536. The van der Waals surface area contributed by atoms with Gasteiger partial charge < -0.3 is 5.32 Å². The summed E-state index contributed by atoms with van der Waals surface area (Å²) in [7, 11) is -3.54. The first kappa shape index (κ1) is 21.4. The highest BCUT2D eigenvalue weighted by Crippen LogP contribution is 2.41. The number of thiophene rings is 1. The summed E-state index contributed by atoms with van der Waals surface area (Å²) in [4.78, 5) is 12.7. The van der Waals surface area contributed by atoms with Gasteiger partial charge >= 0.3 is 0 Å². The van der Waals surface area contributed by atoms with Gasteiger partial charge in [-0.15, -0.1) is 11.3 Å². The fourth-order valence-electron chi connectivity index (χ4n) is 2.50. The molecule has 0 saturated carbocycles. The van der Waals surface area contributed by atoms with E-state index in [0.717, 1.165) is 16.9 Å². The number of rotatable bonds is 7. The van der Waals surface area contributed by atoms with Crippen molar-refractivity contribution in [2.24, 2.45) is 0 Å². The van der Waals surface area contributed by atoms with Crippen LogP contribution in [-0.4, -0.2) is 26.6 Å². The summed E-state index contributed by atoms with van der Waals surface area (Å²) in [6, 6.07) is 12.4. The largest absolute Gasteiger partial charge is 0.350 e. The average Bonchev–Trinajstić information content (AvgIpc) is 2.97. The van der Waals surface area contributed by atoms with Gasteiger partial charge in [0.05, 0.1) is 15.8 Å². The molecule has 3 aromatic rings. The lowest BCUT2D eigenvalue weighted by Crippen LogP contribution is -2.34. The first-order valence-corrected chi connectivity index (χ1v) is 11.7. The second kappa shape index (κ2) is 8.98. The van der Waals surface area contributed by atoms with E-state index in [1.807, 2.05) is 30.3 Å². The lowest BCUT2D eigenvalue weighted by molar-refractivity contribution is 0.0960. The number of benzene rings is 2. The lowest BCUT2D eigenvalue weighted by atomic mass is 10.2. The van der Waals surface area contributed by atoms with Gasteiger partial charge in [0.15, 0.2) is 0 Å². The molecule has 148 valence electrons. The quantitative estimate of drug-likeness (QED) is 0.517. The maximum atomic E-state index is 12.4. The van der Waals surface area contributed by atoms with Gasteiger partial charge in [-0.2, -0.15) is 0 Å². The molecule has 0 aliphatic carbocycles. The number of sulfonamides is 1. The van der Waals surface area contributed by atoms with E-state index in [0.29, 0.717) is 20.1 Å². The second-order valence-corrected chi connectivity index (χ2v) is 10.1. The molecule has 0 aliphatic heterocycles. The Morgan fingerprint density at radius 2 is 1.79 bits per heavy atom. The molecule has 0 aliphatic rings. The monoisotopic (exact) mass is 476 g/mol. The van der Waals surface area contributed by atoms with Crippen molar-refractivity contribution >= 4 is 72.2 Å². The minimum atomic E-state index is -3.54. The third kappa shape index (κ3) is 5.17. The van der Waals surface area contributed by atoms with Crippen LogP contribution in [0.3, 0.4) is 0 Å². The summed E-state index contributed by atoms with van der Waals surface area (Å²) in [5.41, 5.74) is 0.850. The van der Waals surface area contributed by atoms with Crippen molar-refractivity contribution in [1.82, 2.24) is 10.0 Å². The summed E-state index contributed by atoms with van der Waals surface area (Å²) < 4.78 is 27.4. The number of hydrogen-bond donors (Lipinski definition) is 2. The van der Waals surface area contributed by atoms with Crippen molar-refractivity contribution in [3.63, 3.8) is 0 Å². The van der Waals surface area contributed by atoms with E-state index < -0.39 is 15.9 Å². The molecule has 1 heterocycles. The van der Waals surface area contributed by atoms with Crippen molar-refractivity contribution in [3.05, 3.63) is 68.0 Å². The van der Waals surface area contributed by atoms with Crippen molar-refractivity contribution in [2.45, 2.75) is 6.54 Å². The summed E-state index contributed by atoms with van der Waals surface area (Å²) in [6.45, 7) is 0.139. The molecule has 0 fully saturated rings. The van der Waals surface area contributed by atoms with Gasteiger partial charge in [-0.25, -0.2) is 13.1 Å². The fourth-order valence-corrected chi connectivity index (χ4v) is 5.69. The second-order valence-electron chi connectivity index (χ2n) is 5.89. The van der Waals surface area contributed by atoms with E-state index in [1.54, 1.807) is 12.1 Å². The van der Waals surface area contributed by atoms with Crippen LogP contribution in [0.2, 0.25) is 15.1 Å². The van der Waals surface area contributed by atoms with Crippen LogP contribution in [-0.2, 0) is 16.6 Å². The molecule has 2 aromatic carbocycles. The van der Waals surface area contributed by atoms with Crippen LogP contribution in [0.15, 0.2) is 42.5 Å². The molecule has 0 unspecified atom stereocenters. The molecular weight excluding hydrogens is 463 g/mol. The smallest absolute Gasteiger partial charge is 0.262 e. The Kier molecular flexibility index (Phi) is 6.85. The van der Waals surface area contributed by atoms with Crippen LogP contribution in [0.1, 0.15) is 15.2 Å². The summed E-state index contributed by atoms with van der Waals surface area (Å²) in [5.74, 6) is -0.711. The SMILES string of the molecule is O=C(NCCS(=O)(=O)NCc1ccccc1)c1sc2cc(Cl)cc(Cl)c2c1Cl. The van der Waals surface area contributed by atoms with Crippen LogP contribution < -0.4 is 10.0 Å². The van der Waals surface area contributed by atoms with Crippen LogP contribution in [0, 0.1) is 0 Å². The number of carbonyl (C=O) groups excluding carboxylic acids is 1. The van der Waals surface area contributed by atoms with Gasteiger partial charge in [-0.3, -0.25) is 4.79 Å². The van der Waals surface area contributed by atoms with Gasteiger partial charge in [0.2, 0.25) is 10.0 Å². The highest BCUT2D eigenvalue weighted by Gasteiger charge is 2.20. The molecule has 0 atom stereocenters. The van der Waals surface area contributed by atoms with Crippen LogP contribution in [0.25, 0.3) is 10.1 Å². The topological polar surface area (TPSA) is 75.3 Å². The molecule has 5 nitrogen and oxygen atoms in total. The Labute approximate surface area is 181 Å². The summed E-state index contributed by atoms with van der Waals surface area (Å²) >= 11 is 19.6. The standard InChI is InChI=1S/C18H15Cl3N2O3S2/c19-12-8-13(20)15-14(9-12)27-17(16(15)21)18(24)22-6-7-28(25,26)23-10-11-4-2-1-3-5-11/h1-5,8-9,23H,6-7,10H2,(H,22,24). The minimum Gasteiger partial charge on any atom is -0.350 e. The van der Waals surface area contributed by atoms with Crippen LogP contribution in [0.5, 0.6) is 0 Å². The fraction of sp³-hybridized carbons (Fsp3) is 0.167. The number of carbonyl (C=O) groups is 1. The summed E-state index contributed by atoms with van der Waals surface area (Å²) in [5, 5.41) is 4.16. The van der Waals surface area contributed by atoms with E-state index in [4.69, 9.17) is 34.8 Å². The third-order valence-corrected chi connectivity index (χ3v) is 7.32. The van der Waals surface area contributed by atoms with E-state index in [-0.39, 0.29) is 28.7 Å². The lowest BCUT2D eigenvalue weighted by Gasteiger charge is -2.08. The van der Waals surface area contributed by atoms with Crippen molar-refractivity contribution in [3.8, 4) is 0 Å². The highest BCUT2D eigenvalue weighted by atomic mass is 35.5. The van der Waals surface area contributed by atoms with E-state index >= 15 is 0 Å². The van der Waals surface area contributed by atoms with Crippen LogP contribution in [0.4, 0.5) is 0 Å². The molecule has 2 N–H and O–H groups in total. The Balaban J connectivity index is 1.60. The Hall–Kier alpha value is -1.35. The zero-order valence-corrected chi connectivity index (χ0v) is 18.2. The van der Waals surface area contributed by atoms with Crippen molar-refractivity contribution in [2.75, 3.05) is 12.3 Å². The van der Waals surface area contributed by atoms with Gasteiger partial charge in [-0.1, -0.05) is 65.1 Å². The van der Waals surface area contributed by atoms with E-state index in [1.165, 1.54) is 0 Å². The molecule has 0 spiro atoms. The average molecular weight is 478 g/mol. The number of fused-ring (bicyclic) bond motifs is 1. The van der Waals surface area contributed by atoms with Gasteiger partial charge in [0, 0.05) is 28.2 Å². The Bertz CT molecular complexity index is 1120. The number of nitrogens with one attached hydrogen (secondary N) is 2. The van der Waals surface area contributed by atoms with Crippen molar-refractivity contribution in [1.29, 1.82) is 0 Å². The number of hydrogen-bond acceptors (Lipinski definition) is 4. The number of halogens is 3. The predicted molar refractivity (Wildman–Crippen MR) is 116 cm³/mol. The Morgan fingerprint density at radius 1 is 1.07 bits per heavy atom. The molecule has 10 heteroatoms. The van der Waals surface area contributed by atoms with Crippen molar-refractivity contribution < 1.29 is 13.2 Å². The molecule has 1 aromatic heterocycles. The maximum Gasteiger partial charge on any atom is 0.262 e. The molecule has 0 bridgehead atoms. The predicted octanol–water partition coefficient (Wildman–Crippen LogP) is 4.71. The maximum absolute atomic E-state index is 12.4. The Morgan fingerprint density at radius 3 is 2.50 bits per heavy atom.